The van der Waals surface area contributed by atoms with Gasteiger partial charge in [0.15, 0.2) is 0 Å². The summed E-state index contributed by atoms with van der Waals surface area (Å²) in [6.45, 7) is 3.43. The molecule has 112 valence electrons. The Labute approximate surface area is 124 Å². The second kappa shape index (κ2) is 8.72. The van der Waals surface area contributed by atoms with E-state index in [2.05, 4.69) is 10.6 Å². The third-order valence-corrected chi connectivity index (χ3v) is 3.02. The third-order valence-electron chi connectivity index (χ3n) is 3.02. The maximum atomic E-state index is 11.9. The van der Waals surface area contributed by atoms with Gasteiger partial charge in [0, 0.05) is 25.7 Å². The quantitative estimate of drug-likeness (QED) is 0.782. The molecule has 1 aromatic carbocycles. The van der Waals surface area contributed by atoms with E-state index in [0.29, 0.717) is 30.8 Å². The molecule has 21 heavy (non-hydrogen) atoms. The molecular weight excluding hydrogens is 268 g/mol. The largest absolute Gasteiger partial charge is 0.358 e. The Bertz CT molecular complexity index is 537. The van der Waals surface area contributed by atoms with Crippen LogP contribution in [0.2, 0.25) is 0 Å². The van der Waals surface area contributed by atoms with Crippen LogP contribution in [0.5, 0.6) is 0 Å². The van der Waals surface area contributed by atoms with Crippen molar-refractivity contribution < 1.29 is 9.59 Å². The van der Waals surface area contributed by atoms with Crippen molar-refractivity contribution in [2.45, 2.75) is 13.3 Å². The van der Waals surface area contributed by atoms with Gasteiger partial charge in [-0.2, -0.15) is 5.26 Å². The van der Waals surface area contributed by atoms with Crippen LogP contribution in [0.4, 0.5) is 5.69 Å². The number of hydrogen-bond donors (Lipinski definition) is 2. The van der Waals surface area contributed by atoms with Gasteiger partial charge in [0.1, 0.15) is 0 Å². The van der Waals surface area contributed by atoms with Crippen LogP contribution in [-0.4, -0.2) is 43.4 Å². The van der Waals surface area contributed by atoms with Crippen LogP contribution in [0.25, 0.3) is 0 Å². The zero-order valence-electron chi connectivity index (χ0n) is 12.3. The van der Waals surface area contributed by atoms with E-state index >= 15 is 0 Å². The van der Waals surface area contributed by atoms with Crippen molar-refractivity contribution >= 4 is 17.5 Å². The molecule has 2 N–H and O–H groups in total. The summed E-state index contributed by atoms with van der Waals surface area (Å²) in [7, 11) is 1.59. The molecule has 0 saturated carbocycles. The molecule has 0 saturated heterocycles. The van der Waals surface area contributed by atoms with E-state index in [-0.39, 0.29) is 18.4 Å². The molecule has 0 fully saturated rings. The summed E-state index contributed by atoms with van der Waals surface area (Å²) in [6, 6.07) is 8.78. The minimum atomic E-state index is -0.138. The first-order valence-corrected chi connectivity index (χ1v) is 6.82. The third kappa shape index (κ3) is 6.06. The highest BCUT2D eigenvalue weighted by molar-refractivity contribution is 5.91. The number of carbonyl (C=O) groups excluding carboxylic acids is 2. The lowest BCUT2D eigenvalue weighted by Gasteiger charge is -2.18. The van der Waals surface area contributed by atoms with E-state index in [4.69, 9.17) is 5.26 Å². The summed E-state index contributed by atoms with van der Waals surface area (Å²) in [5.41, 5.74) is 1.11. The Kier molecular flexibility index (Phi) is 6.92. The monoisotopic (exact) mass is 288 g/mol. The van der Waals surface area contributed by atoms with E-state index < -0.39 is 0 Å². The smallest absolute Gasteiger partial charge is 0.233 e. The Morgan fingerprint density at radius 3 is 2.71 bits per heavy atom. The van der Waals surface area contributed by atoms with Crippen LogP contribution < -0.4 is 10.6 Å². The molecule has 6 nitrogen and oxygen atoms in total. The maximum absolute atomic E-state index is 11.9. The molecule has 1 aromatic rings. The van der Waals surface area contributed by atoms with Crippen LogP contribution >= 0.6 is 0 Å². The SMILES string of the molecule is CCN(CCC(=O)Nc1cccc(C#N)c1)CC(=O)NC. The van der Waals surface area contributed by atoms with Gasteiger partial charge >= 0.3 is 0 Å². The lowest BCUT2D eigenvalue weighted by molar-refractivity contribution is -0.122. The van der Waals surface area contributed by atoms with Gasteiger partial charge < -0.3 is 10.6 Å². The van der Waals surface area contributed by atoms with E-state index in [0.717, 1.165) is 0 Å². The predicted molar refractivity (Wildman–Crippen MR) is 80.6 cm³/mol. The van der Waals surface area contributed by atoms with Crippen LogP contribution in [0.3, 0.4) is 0 Å². The number of rotatable bonds is 7. The fourth-order valence-corrected chi connectivity index (χ4v) is 1.78. The van der Waals surface area contributed by atoms with E-state index in [1.807, 2.05) is 17.9 Å². The van der Waals surface area contributed by atoms with E-state index in [9.17, 15) is 9.59 Å². The highest BCUT2D eigenvalue weighted by atomic mass is 16.2. The van der Waals surface area contributed by atoms with Crippen molar-refractivity contribution in [3.8, 4) is 6.07 Å². The zero-order chi connectivity index (χ0) is 15.7. The lowest BCUT2D eigenvalue weighted by atomic mass is 10.2. The number of nitrogens with one attached hydrogen (secondary N) is 2. The average Bonchev–Trinajstić information content (AvgIpc) is 2.51. The maximum Gasteiger partial charge on any atom is 0.233 e. The van der Waals surface area contributed by atoms with Crippen molar-refractivity contribution in [3.63, 3.8) is 0 Å². The van der Waals surface area contributed by atoms with Crippen molar-refractivity contribution in [2.24, 2.45) is 0 Å². The molecule has 0 bridgehead atoms. The Morgan fingerprint density at radius 2 is 2.10 bits per heavy atom. The van der Waals surface area contributed by atoms with Gasteiger partial charge in [0.25, 0.3) is 0 Å². The van der Waals surface area contributed by atoms with Crippen molar-refractivity contribution in [3.05, 3.63) is 29.8 Å². The molecule has 6 heteroatoms. The van der Waals surface area contributed by atoms with Gasteiger partial charge in [-0.05, 0) is 24.7 Å². The van der Waals surface area contributed by atoms with Gasteiger partial charge in [-0.15, -0.1) is 0 Å². The second-order valence-electron chi connectivity index (χ2n) is 4.53. The number of anilines is 1. The highest BCUT2D eigenvalue weighted by Gasteiger charge is 2.10. The van der Waals surface area contributed by atoms with E-state index in [1.54, 1.807) is 31.3 Å². The summed E-state index contributed by atoms with van der Waals surface area (Å²) < 4.78 is 0. The van der Waals surface area contributed by atoms with Gasteiger partial charge in [0.05, 0.1) is 18.2 Å². The first kappa shape index (κ1) is 16.7. The number of carbonyl (C=O) groups is 2. The standard InChI is InChI=1S/C15H20N4O2/c1-3-19(11-15(21)17-2)8-7-14(20)18-13-6-4-5-12(9-13)10-16/h4-6,9H,3,7-8,11H2,1-2H3,(H,17,21)(H,18,20). The molecule has 0 spiro atoms. The molecule has 1 rings (SSSR count). The molecule has 0 aliphatic carbocycles. The van der Waals surface area contributed by atoms with Crippen LogP contribution in [0.1, 0.15) is 18.9 Å². The minimum Gasteiger partial charge on any atom is -0.358 e. The molecule has 0 aliphatic rings. The van der Waals surface area contributed by atoms with Crippen LogP contribution in [0, 0.1) is 11.3 Å². The highest BCUT2D eigenvalue weighted by Crippen LogP contribution is 2.10. The second-order valence-corrected chi connectivity index (χ2v) is 4.53. The number of likely N-dealkylation sites (N-methyl/N-ethyl adjacent to an activating group) is 2. The molecule has 2 amide bonds. The first-order valence-electron chi connectivity index (χ1n) is 6.82. The lowest BCUT2D eigenvalue weighted by Crippen LogP contribution is -2.37. The summed E-state index contributed by atoms with van der Waals surface area (Å²) in [6.07, 6.45) is 0.293. The number of benzene rings is 1. The van der Waals surface area contributed by atoms with Gasteiger partial charge in [0.2, 0.25) is 11.8 Å². The van der Waals surface area contributed by atoms with E-state index in [1.165, 1.54) is 0 Å². The zero-order valence-corrected chi connectivity index (χ0v) is 12.3. The average molecular weight is 288 g/mol. The Hall–Kier alpha value is -2.39. The normalized spacial score (nSPS) is 10.0. The van der Waals surface area contributed by atoms with Crippen LogP contribution in [-0.2, 0) is 9.59 Å². The minimum absolute atomic E-state index is 0.0704. The number of nitriles is 1. The molecule has 0 aromatic heterocycles. The topological polar surface area (TPSA) is 85.2 Å². The Morgan fingerprint density at radius 1 is 1.33 bits per heavy atom. The van der Waals surface area contributed by atoms with Crippen LogP contribution in [0.15, 0.2) is 24.3 Å². The summed E-state index contributed by atoms with van der Waals surface area (Å²) in [5, 5.41) is 14.1. The summed E-state index contributed by atoms with van der Waals surface area (Å²) >= 11 is 0. The predicted octanol–water partition coefficient (Wildman–Crippen LogP) is 0.955. The van der Waals surface area contributed by atoms with Gasteiger partial charge in [-0.1, -0.05) is 13.0 Å². The molecule has 0 atom stereocenters. The summed E-state index contributed by atoms with van der Waals surface area (Å²) in [4.78, 5) is 25.1. The first-order chi connectivity index (χ1) is 10.1. The number of nitrogens with zero attached hydrogens (tertiary/aromatic N) is 2. The number of amides is 2. The summed E-state index contributed by atoms with van der Waals surface area (Å²) in [5.74, 6) is -0.209. The Balaban J connectivity index is 2.46. The molecule has 0 aliphatic heterocycles. The fraction of sp³-hybridized carbons (Fsp3) is 0.400. The van der Waals surface area contributed by atoms with Gasteiger partial charge in [-0.25, -0.2) is 0 Å². The molecular formula is C15H20N4O2. The molecule has 0 unspecified atom stereocenters. The molecule has 0 heterocycles. The molecule has 0 radical (unpaired) electrons. The van der Waals surface area contributed by atoms with Crippen molar-refractivity contribution in [1.29, 1.82) is 5.26 Å². The number of hydrogen-bond acceptors (Lipinski definition) is 4. The van der Waals surface area contributed by atoms with Gasteiger partial charge in [-0.3, -0.25) is 14.5 Å². The van der Waals surface area contributed by atoms with Crippen molar-refractivity contribution in [2.75, 3.05) is 32.0 Å². The fourth-order valence-electron chi connectivity index (χ4n) is 1.78. The van der Waals surface area contributed by atoms with Crippen molar-refractivity contribution in [1.82, 2.24) is 10.2 Å².